The predicted octanol–water partition coefficient (Wildman–Crippen LogP) is 3.69. The highest BCUT2D eigenvalue weighted by atomic mass is 35.5. The Balaban J connectivity index is 1.41. The third-order valence-corrected chi connectivity index (χ3v) is 6.10. The summed E-state index contributed by atoms with van der Waals surface area (Å²) in [5.41, 5.74) is 2.80. The zero-order valence-electron chi connectivity index (χ0n) is 18.2. The quantitative estimate of drug-likeness (QED) is 0.707. The largest absolute Gasteiger partial charge is 0.497 e. The molecule has 0 atom stereocenters. The van der Waals surface area contributed by atoms with Gasteiger partial charge in [-0.3, -0.25) is 9.59 Å². The maximum Gasteiger partial charge on any atom is 0.258 e. The minimum Gasteiger partial charge on any atom is -0.497 e. The molecule has 1 saturated heterocycles. The molecule has 2 aromatic carbocycles. The first-order chi connectivity index (χ1) is 14.9. The SMILES string of the molecule is COc1ccc(CC(=O)N2CCC(NC(=O)COc3cc(C)c(Cl)c(C)c3)CC2)cc1. The van der Waals surface area contributed by atoms with Gasteiger partial charge < -0.3 is 19.7 Å². The Hall–Kier alpha value is -2.73. The molecule has 6 nitrogen and oxygen atoms in total. The molecule has 3 rings (SSSR count). The number of methoxy groups -OCH3 is 1. The minimum absolute atomic E-state index is 0.0445. The van der Waals surface area contributed by atoms with Crippen molar-refractivity contribution < 1.29 is 19.1 Å². The van der Waals surface area contributed by atoms with Gasteiger partial charge in [0, 0.05) is 24.2 Å². The molecule has 0 unspecified atom stereocenters. The summed E-state index contributed by atoms with van der Waals surface area (Å²) in [6, 6.07) is 11.2. The van der Waals surface area contributed by atoms with E-state index in [1.807, 2.05) is 55.1 Å². The summed E-state index contributed by atoms with van der Waals surface area (Å²) in [6.07, 6.45) is 1.84. The highest BCUT2D eigenvalue weighted by Gasteiger charge is 2.24. The van der Waals surface area contributed by atoms with Crippen molar-refractivity contribution in [1.82, 2.24) is 10.2 Å². The van der Waals surface area contributed by atoms with E-state index in [-0.39, 0.29) is 24.5 Å². The molecule has 0 aromatic heterocycles. The number of hydrogen-bond donors (Lipinski definition) is 1. The molecular weight excluding hydrogens is 416 g/mol. The molecule has 1 aliphatic heterocycles. The number of benzene rings is 2. The van der Waals surface area contributed by atoms with Crippen LogP contribution in [-0.4, -0.2) is 49.6 Å². The summed E-state index contributed by atoms with van der Waals surface area (Å²) in [5, 5.41) is 3.72. The fraction of sp³-hybridized carbons (Fsp3) is 0.417. The van der Waals surface area contributed by atoms with Gasteiger partial charge >= 0.3 is 0 Å². The molecule has 2 aromatic rings. The fourth-order valence-electron chi connectivity index (χ4n) is 3.71. The summed E-state index contributed by atoms with van der Waals surface area (Å²) in [6.45, 7) is 5.04. The van der Waals surface area contributed by atoms with Gasteiger partial charge in [-0.1, -0.05) is 23.7 Å². The molecule has 0 spiro atoms. The number of nitrogens with one attached hydrogen (secondary N) is 1. The van der Waals surface area contributed by atoms with Gasteiger partial charge in [0.05, 0.1) is 13.5 Å². The Morgan fingerprint density at radius 3 is 2.26 bits per heavy atom. The maximum absolute atomic E-state index is 12.6. The number of nitrogens with zero attached hydrogens (tertiary/aromatic N) is 1. The number of amides is 2. The van der Waals surface area contributed by atoms with E-state index in [0.717, 1.165) is 35.3 Å². The molecule has 0 aliphatic carbocycles. The third-order valence-electron chi connectivity index (χ3n) is 5.51. The molecule has 0 bridgehead atoms. The van der Waals surface area contributed by atoms with Crippen LogP contribution in [0.1, 0.15) is 29.5 Å². The van der Waals surface area contributed by atoms with E-state index < -0.39 is 0 Å². The zero-order valence-corrected chi connectivity index (χ0v) is 19.0. The number of hydrogen-bond acceptors (Lipinski definition) is 4. The Kier molecular flexibility index (Phi) is 7.80. The molecule has 0 saturated carbocycles. The lowest BCUT2D eigenvalue weighted by atomic mass is 10.0. The second-order valence-corrected chi connectivity index (χ2v) is 8.29. The van der Waals surface area contributed by atoms with Crippen molar-refractivity contribution in [3.05, 3.63) is 58.1 Å². The number of rotatable bonds is 7. The van der Waals surface area contributed by atoms with Crippen molar-refractivity contribution in [3.8, 4) is 11.5 Å². The van der Waals surface area contributed by atoms with Crippen LogP contribution >= 0.6 is 11.6 Å². The number of ether oxygens (including phenoxy) is 2. The van der Waals surface area contributed by atoms with E-state index in [0.29, 0.717) is 30.3 Å². The third kappa shape index (κ3) is 6.37. The Morgan fingerprint density at radius 2 is 1.68 bits per heavy atom. The van der Waals surface area contributed by atoms with E-state index in [1.165, 1.54) is 0 Å². The van der Waals surface area contributed by atoms with Crippen LogP contribution in [0.5, 0.6) is 11.5 Å². The first kappa shape index (κ1) is 22.9. The summed E-state index contributed by atoms with van der Waals surface area (Å²) < 4.78 is 10.8. The highest BCUT2D eigenvalue weighted by molar-refractivity contribution is 6.32. The van der Waals surface area contributed by atoms with Crippen LogP contribution in [0.4, 0.5) is 0 Å². The first-order valence-electron chi connectivity index (χ1n) is 10.5. The zero-order chi connectivity index (χ0) is 22.4. The summed E-state index contributed by atoms with van der Waals surface area (Å²) in [4.78, 5) is 26.7. The Bertz CT molecular complexity index is 899. The second kappa shape index (κ2) is 10.5. The summed E-state index contributed by atoms with van der Waals surface area (Å²) in [5.74, 6) is 1.35. The molecule has 1 N–H and O–H groups in total. The topological polar surface area (TPSA) is 67.9 Å². The van der Waals surface area contributed by atoms with E-state index in [1.54, 1.807) is 7.11 Å². The van der Waals surface area contributed by atoms with E-state index >= 15 is 0 Å². The minimum atomic E-state index is -0.159. The van der Waals surface area contributed by atoms with Gasteiger partial charge in [0.2, 0.25) is 5.91 Å². The van der Waals surface area contributed by atoms with Crippen molar-refractivity contribution in [2.45, 2.75) is 39.2 Å². The monoisotopic (exact) mass is 444 g/mol. The molecule has 31 heavy (non-hydrogen) atoms. The molecule has 1 heterocycles. The first-order valence-corrected chi connectivity index (χ1v) is 10.8. The highest BCUT2D eigenvalue weighted by Crippen LogP contribution is 2.25. The van der Waals surface area contributed by atoms with E-state index in [9.17, 15) is 9.59 Å². The number of halogens is 1. The van der Waals surface area contributed by atoms with Gasteiger partial charge in [-0.2, -0.15) is 0 Å². The number of carbonyl (C=O) groups excluding carboxylic acids is 2. The molecule has 7 heteroatoms. The number of carbonyl (C=O) groups is 2. The molecular formula is C24H29ClN2O4. The van der Waals surface area contributed by atoms with Crippen LogP contribution < -0.4 is 14.8 Å². The average molecular weight is 445 g/mol. The molecule has 166 valence electrons. The molecule has 1 fully saturated rings. The van der Waals surface area contributed by atoms with Gasteiger partial charge in [-0.05, 0) is 67.6 Å². The van der Waals surface area contributed by atoms with Crippen LogP contribution in [0.15, 0.2) is 36.4 Å². The van der Waals surface area contributed by atoms with Gasteiger partial charge in [0.15, 0.2) is 6.61 Å². The predicted molar refractivity (Wildman–Crippen MR) is 121 cm³/mol. The Morgan fingerprint density at radius 1 is 1.06 bits per heavy atom. The summed E-state index contributed by atoms with van der Waals surface area (Å²) >= 11 is 6.16. The smallest absolute Gasteiger partial charge is 0.258 e. The second-order valence-electron chi connectivity index (χ2n) is 7.91. The van der Waals surface area contributed by atoms with Gasteiger partial charge in [-0.15, -0.1) is 0 Å². The standard InChI is InChI=1S/C24H29ClN2O4/c1-16-12-21(13-17(2)24(16)25)31-15-22(28)26-19-8-10-27(11-9-19)23(29)14-18-4-6-20(30-3)7-5-18/h4-7,12-13,19H,8-11,14-15H2,1-3H3,(H,26,28). The van der Waals surface area contributed by atoms with E-state index in [2.05, 4.69) is 5.32 Å². The van der Waals surface area contributed by atoms with Crippen LogP contribution in [-0.2, 0) is 16.0 Å². The fourth-order valence-corrected chi connectivity index (χ4v) is 3.82. The molecule has 2 amide bonds. The number of aryl methyl sites for hydroxylation is 2. The lowest BCUT2D eigenvalue weighted by molar-refractivity contribution is -0.131. The lowest BCUT2D eigenvalue weighted by Gasteiger charge is -2.32. The normalized spacial score (nSPS) is 14.3. The van der Waals surface area contributed by atoms with Crippen LogP contribution in [0.3, 0.4) is 0 Å². The lowest BCUT2D eigenvalue weighted by Crippen LogP contribution is -2.47. The van der Waals surface area contributed by atoms with E-state index in [4.69, 9.17) is 21.1 Å². The van der Waals surface area contributed by atoms with Gasteiger partial charge in [0.25, 0.3) is 5.91 Å². The van der Waals surface area contributed by atoms with Crippen molar-refractivity contribution >= 4 is 23.4 Å². The van der Waals surface area contributed by atoms with Crippen molar-refractivity contribution in [2.24, 2.45) is 0 Å². The number of piperidine rings is 1. The van der Waals surface area contributed by atoms with Crippen molar-refractivity contribution in [1.29, 1.82) is 0 Å². The van der Waals surface area contributed by atoms with Crippen molar-refractivity contribution in [2.75, 3.05) is 26.8 Å². The molecule has 1 aliphatic rings. The molecule has 0 radical (unpaired) electrons. The van der Waals surface area contributed by atoms with Crippen molar-refractivity contribution in [3.63, 3.8) is 0 Å². The average Bonchev–Trinajstić information content (AvgIpc) is 2.77. The summed E-state index contributed by atoms with van der Waals surface area (Å²) in [7, 11) is 1.62. The Labute approximate surface area is 188 Å². The van der Waals surface area contributed by atoms with Crippen LogP contribution in [0, 0.1) is 13.8 Å². The maximum atomic E-state index is 12.6. The van der Waals surface area contributed by atoms with Crippen LogP contribution in [0.25, 0.3) is 0 Å². The van der Waals surface area contributed by atoms with Gasteiger partial charge in [0.1, 0.15) is 11.5 Å². The van der Waals surface area contributed by atoms with Crippen LogP contribution in [0.2, 0.25) is 5.02 Å². The number of likely N-dealkylation sites (tertiary alicyclic amines) is 1. The van der Waals surface area contributed by atoms with Gasteiger partial charge in [-0.25, -0.2) is 0 Å².